The Labute approximate surface area is 118 Å². The second kappa shape index (κ2) is 5.48. The Hall–Kier alpha value is -1.75. The maximum Gasteiger partial charge on any atom is 0.212 e. The van der Waals surface area contributed by atoms with Gasteiger partial charge in [-0.05, 0) is 37.0 Å². The molecule has 2 aliphatic rings. The predicted molar refractivity (Wildman–Crippen MR) is 78.4 cm³/mol. The number of halogens is 1. The number of nitrogens with one attached hydrogen (secondary N) is 2. The number of guanidine groups is 1. The van der Waals surface area contributed by atoms with Gasteiger partial charge in [-0.15, -0.1) is 12.4 Å². The Kier molecular flexibility index (Phi) is 3.95. The lowest BCUT2D eigenvalue weighted by Crippen LogP contribution is -2.30. The van der Waals surface area contributed by atoms with Crippen molar-refractivity contribution < 1.29 is 5.11 Å². The third-order valence-corrected chi connectivity index (χ3v) is 3.40. The summed E-state index contributed by atoms with van der Waals surface area (Å²) in [6.07, 6.45) is 1.80. The summed E-state index contributed by atoms with van der Waals surface area (Å²) in [7, 11) is 0. The van der Waals surface area contributed by atoms with Gasteiger partial charge in [-0.3, -0.25) is 0 Å². The first-order valence-electron chi connectivity index (χ1n) is 6.18. The summed E-state index contributed by atoms with van der Waals surface area (Å²) in [5.41, 5.74) is 7.14. The van der Waals surface area contributed by atoms with Crippen LogP contribution in [0.1, 0.15) is 23.1 Å². The fraction of sp³-hybridized carbons (Fsp3) is 0.385. The van der Waals surface area contributed by atoms with Crippen LogP contribution in [0, 0.1) is 6.92 Å². The molecule has 0 fully saturated rings. The van der Waals surface area contributed by atoms with Crippen molar-refractivity contribution in [3.8, 4) is 5.75 Å². The zero-order valence-electron chi connectivity index (χ0n) is 10.7. The Morgan fingerprint density at radius 1 is 1.37 bits per heavy atom. The van der Waals surface area contributed by atoms with Gasteiger partial charge in [-0.1, -0.05) is 6.07 Å². The zero-order chi connectivity index (χ0) is 12.5. The smallest absolute Gasteiger partial charge is 0.212 e. The van der Waals surface area contributed by atoms with Crippen molar-refractivity contribution in [3.63, 3.8) is 0 Å². The molecule has 5 nitrogen and oxygen atoms in total. The summed E-state index contributed by atoms with van der Waals surface area (Å²) < 4.78 is 0. The minimum absolute atomic E-state index is 0. The molecule has 19 heavy (non-hydrogen) atoms. The predicted octanol–water partition coefficient (Wildman–Crippen LogP) is 1.32. The molecule has 1 aliphatic carbocycles. The van der Waals surface area contributed by atoms with Crippen LogP contribution >= 0.6 is 12.4 Å². The molecular formula is C13H17ClN4O. The number of phenols is 1. The molecule has 1 heterocycles. The minimum atomic E-state index is 0. The lowest BCUT2D eigenvalue weighted by atomic mass is 10.0. The van der Waals surface area contributed by atoms with Crippen molar-refractivity contribution in [2.24, 2.45) is 10.1 Å². The van der Waals surface area contributed by atoms with E-state index in [0.29, 0.717) is 11.7 Å². The number of benzene rings is 1. The molecule has 102 valence electrons. The lowest BCUT2D eigenvalue weighted by molar-refractivity contribution is 0.474. The number of aryl methyl sites for hydroxylation is 1. The van der Waals surface area contributed by atoms with Gasteiger partial charge in [-0.25, -0.2) is 10.4 Å². The Morgan fingerprint density at radius 2 is 2.21 bits per heavy atom. The van der Waals surface area contributed by atoms with E-state index in [2.05, 4.69) is 27.8 Å². The lowest BCUT2D eigenvalue weighted by Gasteiger charge is -2.07. The van der Waals surface area contributed by atoms with Gasteiger partial charge in [0, 0.05) is 12.1 Å². The van der Waals surface area contributed by atoms with Crippen LogP contribution in [0.4, 0.5) is 0 Å². The number of hydrogen-bond acceptors (Lipinski definition) is 5. The van der Waals surface area contributed by atoms with E-state index < -0.39 is 0 Å². The molecule has 1 aromatic carbocycles. The Bertz CT molecular complexity index is 554. The number of phenolic OH excluding ortho intramolecular Hbond substituents is 1. The van der Waals surface area contributed by atoms with Crippen LogP contribution in [-0.2, 0) is 6.42 Å². The first-order valence-corrected chi connectivity index (χ1v) is 6.18. The molecule has 0 saturated heterocycles. The van der Waals surface area contributed by atoms with E-state index >= 15 is 0 Å². The summed E-state index contributed by atoms with van der Waals surface area (Å²) >= 11 is 0. The number of nitrogens with zero attached hydrogens (tertiary/aromatic N) is 2. The largest absolute Gasteiger partial charge is 0.507 e. The summed E-state index contributed by atoms with van der Waals surface area (Å²) in [5.74, 6) is 1.03. The quantitative estimate of drug-likeness (QED) is 0.680. The molecule has 0 spiro atoms. The average Bonchev–Trinajstić information content (AvgIpc) is 3.00. The molecule has 0 atom stereocenters. The van der Waals surface area contributed by atoms with Crippen molar-refractivity contribution >= 4 is 24.1 Å². The van der Waals surface area contributed by atoms with Crippen molar-refractivity contribution in [2.75, 3.05) is 13.1 Å². The molecule has 0 aromatic heterocycles. The number of aromatic hydroxyl groups is 1. The Morgan fingerprint density at radius 3 is 2.95 bits per heavy atom. The van der Waals surface area contributed by atoms with Gasteiger partial charge in [0.15, 0.2) is 0 Å². The van der Waals surface area contributed by atoms with Crippen LogP contribution < -0.4 is 10.7 Å². The number of rotatable bonds is 1. The molecule has 1 aromatic rings. The molecule has 1 aliphatic heterocycles. The van der Waals surface area contributed by atoms with Crippen molar-refractivity contribution in [1.29, 1.82) is 0 Å². The molecule has 0 saturated carbocycles. The van der Waals surface area contributed by atoms with Gasteiger partial charge in [-0.2, -0.15) is 5.10 Å². The van der Waals surface area contributed by atoms with Gasteiger partial charge < -0.3 is 10.4 Å². The number of hydrazone groups is 1. The Balaban J connectivity index is 0.00000133. The molecule has 0 bridgehead atoms. The second-order valence-electron chi connectivity index (χ2n) is 4.58. The summed E-state index contributed by atoms with van der Waals surface area (Å²) in [6, 6.07) is 3.69. The SMILES string of the molecule is Cc1ccc(O)c2c1CCC2=NNC1=NCCN1.Cl. The fourth-order valence-corrected chi connectivity index (χ4v) is 2.46. The fourth-order valence-electron chi connectivity index (χ4n) is 2.46. The van der Waals surface area contributed by atoms with Crippen LogP contribution in [0.15, 0.2) is 22.2 Å². The third kappa shape index (κ3) is 2.51. The van der Waals surface area contributed by atoms with Crippen LogP contribution in [-0.4, -0.2) is 29.9 Å². The molecular weight excluding hydrogens is 264 g/mol. The van der Waals surface area contributed by atoms with Gasteiger partial charge in [0.05, 0.1) is 12.3 Å². The first-order chi connectivity index (χ1) is 8.75. The summed E-state index contributed by atoms with van der Waals surface area (Å²) in [6.45, 7) is 3.71. The van der Waals surface area contributed by atoms with Gasteiger partial charge in [0.2, 0.25) is 5.96 Å². The highest BCUT2D eigenvalue weighted by molar-refractivity contribution is 6.07. The molecule has 0 unspecified atom stereocenters. The van der Waals surface area contributed by atoms with Crippen molar-refractivity contribution in [3.05, 3.63) is 28.8 Å². The third-order valence-electron chi connectivity index (χ3n) is 3.40. The summed E-state index contributed by atoms with van der Waals surface area (Å²) in [5, 5.41) is 17.4. The number of hydrogen-bond donors (Lipinski definition) is 3. The van der Waals surface area contributed by atoms with E-state index in [1.54, 1.807) is 6.07 Å². The molecule has 0 amide bonds. The minimum Gasteiger partial charge on any atom is -0.507 e. The number of fused-ring (bicyclic) bond motifs is 1. The zero-order valence-corrected chi connectivity index (χ0v) is 11.5. The number of aliphatic imine (C=N–C) groups is 1. The maximum atomic E-state index is 9.96. The molecule has 3 N–H and O–H groups in total. The van der Waals surface area contributed by atoms with Crippen molar-refractivity contribution in [2.45, 2.75) is 19.8 Å². The monoisotopic (exact) mass is 280 g/mol. The average molecular weight is 281 g/mol. The first kappa shape index (κ1) is 13.7. The van der Waals surface area contributed by atoms with Gasteiger partial charge in [0.25, 0.3) is 0 Å². The normalized spacial score (nSPS) is 18.6. The van der Waals surface area contributed by atoms with Crippen molar-refractivity contribution in [1.82, 2.24) is 10.7 Å². The highest BCUT2D eigenvalue weighted by Crippen LogP contribution is 2.32. The van der Waals surface area contributed by atoms with Gasteiger partial charge >= 0.3 is 0 Å². The summed E-state index contributed by atoms with van der Waals surface area (Å²) in [4.78, 5) is 4.22. The molecule has 0 radical (unpaired) electrons. The maximum absolute atomic E-state index is 9.96. The molecule has 3 rings (SSSR count). The van der Waals surface area contributed by atoms with Crippen LogP contribution in [0.25, 0.3) is 0 Å². The van der Waals surface area contributed by atoms with E-state index in [-0.39, 0.29) is 12.4 Å². The second-order valence-corrected chi connectivity index (χ2v) is 4.58. The van der Waals surface area contributed by atoms with Gasteiger partial charge in [0.1, 0.15) is 5.75 Å². The molecule has 6 heteroatoms. The van der Waals surface area contributed by atoms with E-state index in [1.807, 2.05) is 6.07 Å². The highest BCUT2D eigenvalue weighted by Gasteiger charge is 2.23. The highest BCUT2D eigenvalue weighted by atomic mass is 35.5. The van der Waals surface area contributed by atoms with E-state index in [9.17, 15) is 5.11 Å². The van der Waals surface area contributed by atoms with E-state index in [0.717, 1.165) is 37.2 Å². The van der Waals surface area contributed by atoms with Crippen LogP contribution in [0.5, 0.6) is 5.75 Å². The standard InChI is InChI=1S/C13H16N4O.ClH/c1-8-2-5-11(18)12-9(8)3-4-10(12)16-17-13-14-6-7-15-13;/h2,5,18H,3-4,6-7H2,1H3,(H2,14,15,17);1H. The van der Waals surface area contributed by atoms with Crippen LogP contribution in [0.3, 0.4) is 0 Å². The van der Waals surface area contributed by atoms with Crippen LogP contribution in [0.2, 0.25) is 0 Å². The van der Waals surface area contributed by atoms with E-state index in [1.165, 1.54) is 11.1 Å². The van der Waals surface area contributed by atoms with E-state index in [4.69, 9.17) is 0 Å². The topological polar surface area (TPSA) is 69.0 Å².